The number of hydrogen-bond donors (Lipinski definition) is 2. The fraction of sp³-hybridized carbons (Fsp3) is 0.360. The Balaban J connectivity index is 1.45. The largest absolute Gasteiger partial charge is 0.369 e. The summed E-state index contributed by atoms with van der Waals surface area (Å²) in [5.41, 5.74) is 10.8. The van der Waals surface area contributed by atoms with E-state index in [1.807, 2.05) is 37.3 Å². The number of amides is 2. The third kappa shape index (κ3) is 6.29. The van der Waals surface area contributed by atoms with Crippen molar-refractivity contribution >= 4 is 23.6 Å². The molecule has 1 aliphatic rings. The summed E-state index contributed by atoms with van der Waals surface area (Å²) in [6.07, 6.45) is 6.08. The van der Waals surface area contributed by atoms with E-state index in [-0.39, 0.29) is 17.7 Å². The second kappa shape index (κ2) is 10.2. The van der Waals surface area contributed by atoms with Crippen LogP contribution < -0.4 is 11.1 Å². The molecule has 3 N–H and O–H groups in total. The summed E-state index contributed by atoms with van der Waals surface area (Å²) in [5, 5.41) is 2.91. The maximum atomic E-state index is 12.2. The van der Waals surface area contributed by atoms with Crippen LogP contribution in [-0.4, -0.2) is 36.3 Å². The summed E-state index contributed by atoms with van der Waals surface area (Å²) in [6, 6.07) is 14.2. The molecule has 0 unspecified atom stereocenters. The van der Waals surface area contributed by atoms with E-state index in [0.717, 1.165) is 55.7 Å². The van der Waals surface area contributed by atoms with Crippen molar-refractivity contribution in [1.82, 2.24) is 4.90 Å². The highest BCUT2D eigenvalue weighted by Crippen LogP contribution is 2.18. The van der Waals surface area contributed by atoms with Crippen molar-refractivity contribution in [2.45, 2.75) is 33.1 Å². The molecule has 2 aromatic rings. The van der Waals surface area contributed by atoms with Gasteiger partial charge >= 0.3 is 0 Å². The first-order valence-corrected chi connectivity index (χ1v) is 10.6. The number of rotatable bonds is 7. The number of nitrogens with two attached hydrogens (primary N) is 1. The van der Waals surface area contributed by atoms with E-state index < -0.39 is 0 Å². The van der Waals surface area contributed by atoms with Crippen molar-refractivity contribution < 1.29 is 9.59 Å². The maximum absolute atomic E-state index is 12.2. The van der Waals surface area contributed by atoms with Crippen LogP contribution in [0.5, 0.6) is 0 Å². The smallest absolute Gasteiger partial charge is 0.248 e. The Morgan fingerprint density at radius 3 is 2.43 bits per heavy atom. The van der Waals surface area contributed by atoms with Gasteiger partial charge in [-0.05, 0) is 81.1 Å². The van der Waals surface area contributed by atoms with Gasteiger partial charge in [0, 0.05) is 24.2 Å². The fourth-order valence-corrected chi connectivity index (χ4v) is 3.85. The standard InChI is InChI=1S/C25H31N3O2/c1-18-3-6-21(19(2)17-18)7-10-24(29)27-23-8-4-20(5-9-23)11-14-28-15-12-22(13-16-28)25(26)30/h3-10,17,22H,11-16H2,1-2H3,(H2,26,30)(H,27,29)/b10-7+. The number of primary amides is 1. The van der Waals surface area contributed by atoms with Crippen LogP contribution in [0.1, 0.15) is 35.1 Å². The molecule has 2 amide bonds. The second-order valence-corrected chi connectivity index (χ2v) is 8.15. The predicted octanol–water partition coefficient (Wildman–Crippen LogP) is 3.70. The lowest BCUT2D eigenvalue weighted by molar-refractivity contribution is -0.123. The molecule has 0 aromatic heterocycles. The molecule has 0 aliphatic carbocycles. The summed E-state index contributed by atoms with van der Waals surface area (Å²) < 4.78 is 0. The molecular formula is C25H31N3O2. The molecule has 0 saturated carbocycles. The lowest BCUT2D eigenvalue weighted by Crippen LogP contribution is -2.39. The monoisotopic (exact) mass is 405 g/mol. The third-order valence-corrected chi connectivity index (χ3v) is 5.77. The highest BCUT2D eigenvalue weighted by molar-refractivity contribution is 6.02. The van der Waals surface area contributed by atoms with Gasteiger partial charge in [-0.15, -0.1) is 0 Å². The quantitative estimate of drug-likeness (QED) is 0.690. The zero-order valence-electron chi connectivity index (χ0n) is 17.9. The van der Waals surface area contributed by atoms with E-state index >= 15 is 0 Å². The lowest BCUT2D eigenvalue weighted by Gasteiger charge is -2.30. The molecule has 30 heavy (non-hydrogen) atoms. The first-order valence-electron chi connectivity index (χ1n) is 10.6. The van der Waals surface area contributed by atoms with Gasteiger partial charge in [0.1, 0.15) is 0 Å². The Morgan fingerprint density at radius 2 is 1.80 bits per heavy atom. The molecule has 1 aliphatic heterocycles. The predicted molar refractivity (Wildman–Crippen MR) is 122 cm³/mol. The first kappa shape index (κ1) is 21.8. The van der Waals surface area contributed by atoms with Gasteiger partial charge in [0.05, 0.1) is 0 Å². The number of nitrogens with zero attached hydrogens (tertiary/aromatic N) is 1. The molecular weight excluding hydrogens is 374 g/mol. The second-order valence-electron chi connectivity index (χ2n) is 8.15. The Bertz CT molecular complexity index is 910. The molecule has 3 rings (SSSR count). The van der Waals surface area contributed by atoms with Crippen molar-refractivity contribution in [2.75, 3.05) is 25.0 Å². The average molecular weight is 406 g/mol. The lowest BCUT2D eigenvalue weighted by atomic mass is 9.96. The third-order valence-electron chi connectivity index (χ3n) is 5.77. The topological polar surface area (TPSA) is 75.4 Å². The number of nitrogens with one attached hydrogen (secondary N) is 1. The van der Waals surface area contributed by atoms with Gasteiger partial charge in [-0.25, -0.2) is 0 Å². The average Bonchev–Trinajstić information content (AvgIpc) is 2.73. The van der Waals surface area contributed by atoms with Crippen LogP contribution in [-0.2, 0) is 16.0 Å². The van der Waals surface area contributed by atoms with Crippen LogP contribution >= 0.6 is 0 Å². The summed E-state index contributed by atoms with van der Waals surface area (Å²) in [7, 11) is 0. The van der Waals surface area contributed by atoms with E-state index in [2.05, 4.69) is 35.3 Å². The van der Waals surface area contributed by atoms with Gasteiger partial charge in [-0.2, -0.15) is 0 Å². The van der Waals surface area contributed by atoms with E-state index in [1.165, 1.54) is 11.1 Å². The maximum Gasteiger partial charge on any atom is 0.248 e. The minimum absolute atomic E-state index is 0.0353. The van der Waals surface area contributed by atoms with E-state index in [4.69, 9.17) is 5.73 Å². The van der Waals surface area contributed by atoms with Gasteiger partial charge in [0.25, 0.3) is 0 Å². The molecule has 1 saturated heterocycles. The van der Waals surface area contributed by atoms with Crippen LogP contribution in [0.4, 0.5) is 5.69 Å². The molecule has 1 heterocycles. The number of aryl methyl sites for hydroxylation is 2. The first-order chi connectivity index (χ1) is 14.4. The molecule has 0 spiro atoms. The number of hydrogen-bond acceptors (Lipinski definition) is 3. The number of piperidine rings is 1. The normalized spacial score (nSPS) is 15.4. The Labute approximate surface area is 179 Å². The van der Waals surface area contributed by atoms with Crippen LogP contribution in [0.25, 0.3) is 6.08 Å². The van der Waals surface area contributed by atoms with Crippen molar-refractivity contribution in [3.8, 4) is 0 Å². The van der Waals surface area contributed by atoms with Gasteiger partial charge in [0.15, 0.2) is 0 Å². The molecule has 158 valence electrons. The molecule has 5 heteroatoms. The summed E-state index contributed by atoms with van der Waals surface area (Å²) in [6.45, 7) is 6.92. The highest BCUT2D eigenvalue weighted by Gasteiger charge is 2.22. The summed E-state index contributed by atoms with van der Waals surface area (Å²) >= 11 is 0. The number of carbonyl (C=O) groups is 2. The number of anilines is 1. The van der Waals surface area contributed by atoms with Gasteiger partial charge in [0.2, 0.25) is 11.8 Å². The highest BCUT2D eigenvalue weighted by atomic mass is 16.1. The number of benzene rings is 2. The molecule has 2 aromatic carbocycles. The van der Waals surface area contributed by atoms with Crippen molar-refractivity contribution in [3.63, 3.8) is 0 Å². The Kier molecular flexibility index (Phi) is 7.41. The Hall–Kier alpha value is -2.92. The SMILES string of the molecule is Cc1ccc(/C=C/C(=O)Nc2ccc(CCN3CCC(C(N)=O)CC3)cc2)c(C)c1. The molecule has 0 radical (unpaired) electrons. The van der Waals surface area contributed by atoms with Crippen molar-refractivity contribution in [2.24, 2.45) is 11.7 Å². The van der Waals surface area contributed by atoms with E-state index in [9.17, 15) is 9.59 Å². The van der Waals surface area contributed by atoms with Crippen molar-refractivity contribution in [1.29, 1.82) is 0 Å². The van der Waals surface area contributed by atoms with Crippen LogP contribution in [0.3, 0.4) is 0 Å². The number of carbonyl (C=O) groups excluding carboxylic acids is 2. The molecule has 5 nitrogen and oxygen atoms in total. The van der Waals surface area contributed by atoms with Crippen molar-refractivity contribution in [3.05, 3.63) is 70.8 Å². The van der Waals surface area contributed by atoms with Crippen LogP contribution in [0.15, 0.2) is 48.5 Å². The fourth-order valence-electron chi connectivity index (χ4n) is 3.85. The molecule has 0 bridgehead atoms. The van der Waals surface area contributed by atoms with Gasteiger partial charge in [-0.3, -0.25) is 9.59 Å². The van der Waals surface area contributed by atoms with Crippen LogP contribution in [0.2, 0.25) is 0 Å². The number of likely N-dealkylation sites (tertiary alicyclic amines) is 1. The summed E-state index contributed by atoms with van der Waals surface area (Å²) in [5.74, 6) is -0.274. The van der Waals surface area contributed by atoms with Crippen LogP contribution in [0, 0.1) is 19.8 Å². The minimum Gasteiger partial charge on any atom is -0.369 e. The summed E-state index contributed by atoms with van der Waals surface area (Å²) in [4.78, 5) is 25.9. The van der Waals surface area contributed by atoms with E-state index in [0.29, 0.717) is 0 Å². The van der Waals surface area contributed by atoms with Gasteiger partial charge < -0.3 is 16.0 Å². The zero-order valence-corrected chi connectivity index (χ0v) is 17.9. The van der Waals surface area contributed by atoms with E-state index in [1.54, 1.807) is 6.08 Å². The minimum atomic E-state index is -0.170. The zero-order chi connectivity index (χ0) is 21.5. The molecule has 0 atom stereocenters. The Morgan fingerprint density at radius 1 is 1.10 bits per heavy atom. The molecule has 1 fully saturated rings. The van der Waals surface area contributed by atoms with Gasteiger partial charge in [-0.1, -0.05) is 35.9 Å².